The van der Waals surface area contributed by atoms with E-state index < -0.39 is 0 Å². The van der Waals surface area contributed by atoms with Crippen LogP contribution in [0.15, 0.2) is 0 Å². The maximum atomic E-state index is 12.4. The van der Waals surface area contributed by atoms with Crippen LogP contribution >= 0.6 is 0 Å². The first-order valence-corrected chi connectivity index (χ1v) is 12.1. The van der Waals surface area contributed by atoms with Crippen molar-refractivity contribution in [3.63, 3.8) is 0 Å². The van der Waals surface area contributed by atoms with E-state index in [1.54, 1.807) is 38.0 Å². The minimum Gasteiger partial charge on any atom is -0.668 e. The largest absolute Gasteiger partial charge is 4.00 e. The minimum absolute atomic E-state index is 0. The summed E-state index contributed by atoms with van der Waals surface area (Å²) in [6.07, 6.45) is 0. The van der Waals surface area contributed by atoms with E-state index in [1.807, 2.05) is 83.3 Å². The van der Waals surface area contributed by atoms with Crippen LogP contribution in [0.4, 0.5) is 9.59 Å². The summed E-state index contributed by atoms with van der Waals surface area (Å²) in [5.74, 6) is 0. The molecule has 0 aromatic rings. The molecule has 0 bridgehead atoms. The van der Waals surface area contributed by atoms with Gasteiger partial charge in [0.1, 0.15) is 0 Å². The average Bonchev–Trinajstić information content (AvgIpc) is 2.66. The van der Waals surface area contributed by atoms with Crippen LogP contribution in [0, 0.1) is 5.41 Å². The van der Waals surface area contributed by atoms with Gasteiger partial charge in [-0.3, -0.25) is 9.59 Å². The molecular formula is C25H57N7O2Zr. The van der Waals surface area contributed by atoms with Gasteiger partial charge in [-0.2, -0.15) is 28.2 Å². The Morgan fingerprint density at radius 2 is 0.829 bits per heavy atom. The van der Waals surface area contributed by atoms with Crippen molar-refractivity contribution >= 4 is 12.1 Å². The Hall–Kier alpha value is -0.697. The molecule has 0 radical (unpaired) electrons. The summed E-state index contributed by atoms with van der Waals surface area (Å²) < 4.78 is 0. The van der Waals surface area contributed by atoms with Gasteiger partial charge in [-0.15, -0.1) is 0 Å². The van der Waals surface area contributed by atoms with E-state index in [1.165, 1.54) is 0 Å². The van der Waals surface area contributed by atoms with Crippen molar-refractivity contribution in [1.82, 2.24) is 15.1 Å². The fraction of sp³-hybridized carbons (Fsp3) is 0.920. The number of hydrogen-bond donors (Lipinski definition) is 1. The molecule has 4 amide bonds. The zero-order valence-electron chi connectivity index (χ0n) is 25.7. The van der Waals surface area contributed by atoms with Gasteiger partial charge in [0.25, 0.3) is 0 Å². The predicted molar refractivity (Wildman–Crippen MR) is 151 cm³/mol. The summed E-state index contributed by atoms with van der Waals surface area (Å²) >= 11 is 0. The van der Waals surface area contributed by atoms with E-state index in [9.17, 15) is 9.59 Å². The van der Waals surface area contributed by atoms with Gasteiger partial charge in [-0.1, -0.05) is 69.2 Å². The number of urea groups is 2. The van der Waals surface area contributed by atoms with Crippen LogP contribution in [0.1, 0.15) is 69.2 Å². The summed E-state index contributed by atoms with van der Waals surface area (Å²) in [6.45, 7) is 20.5. The van der Waals surface area contributed by atoms with E-state index in [4.69, 9.17) is 0 Å². The van der Waals surface area contributed by atoms with E-state index in [2.05, 4.69) is 26.6 Å². The van der Waals surface area contributed by atoms with Crippen LogP contribution in [-0.2, 0) is 26.2 Å². The van der Waals surface area contributed by atoms with Crippen molar-refractivity contribution < 1.29 is 35.8 Å². The number of rotatable bonds is 8. The van der Waals surface area contributed by atoms with E-state index in [0.29, 0.717) is 13.1 Å². The van der Waals surface area contributed by atoms with Crippen molar-refractivity contribution in [3.8, 4) is 0 Å². The van der Waals surface area contributed by atoms with Gasteiger partial charge in [0.15, 0.2) is 12.1 Å². The summed E-state index contributed by atoms with van der Waals surface area (Å²) in [5, 5.41) is 18.2. The third kappa shape index (κ3) is 26.2. The molecule has 0 saturated heterocycles. The zero-order chi connectivity index (χ0) is 28.1. The standard InChI is InChI=1S/C19H40N4O2.C2H7N.2C2H6N.Zr/c1-13(2)22(14(3)4)17(24)20-11-19(9,10)12-21-18(25)23(15(5)6)16(7)8;3*1-3-2;/h13-16H,11-12H2,1-10H3,(H2,20,21,24,25);3H,1-2H3;2*1-2H3;/q;;2*-1;+4/p-2. The van der Waals surface area contributed by atoms with Gasteiger partial charge < -0.3 is 36.4 Å². The normalized spacial score (nSPS) is 10.2. The maximum absolute atomic E-state index is 12.4. The van der Waals surface area contributed by atoms with Gasteiger partial charge in [0.2, 0.25) is 0 Å². The Kier molecular flexibility index (Phi) is 33.4. The quantitative estimate of drug-likeness (QED) is 0.364. The van der Waals surface area contributed by atoms with Crippen molar-refractivity contribution in [1.29, 1.82) is 0 Å². The molecule has 0 atom stereocenters. The second-order valence-corrected chi connectivity index (χ2v) is 9.95. The molecule has 10 heteroatoms. The SMILES string of the molecule is CC(C)N(C(=O)[N-]CC(C)(C)C[N-]C(=O)N(C(C)C)C(C)C)C(C)C.CNC.C[N-]C.C[N-]C.[Zr+4]. The smallest absolute Gasteiger partial charge is 0.668 e. The number of nitrogens with zero attached hydrogens (tertiary/aromatic N) is 6. The Balaban J connectivity index is -0.000000259. The van der Waals surface area contributed by atoms with Gasteiger partial charge in [-0.05, 0) is 56.8 Å². The minimum atomic E-state index is -0.343. The number of hydrogen-bond acceptors (Lipinski definition) is 3. The Morgan fingerprint density at radius 1 is 0.657 bits per heavy atom. The van der Waals surface area contributed by atoms with Crippen LogP contribution in [-0.4, -0.2) is 101 Å². The molecule has 0 rings (SSSR count). The summed E-state index contributed by atoms with van der Waals surface area (Å²) in [4.78, 5) is 28.2. The van der Waals surface area contributed by atoms with Gasteiger partial charge in [0, 0.05) is 0 Å². The van der Waals surface area contributed by atoms with E-state index >= 15 is 0 Å². The number of carbonyl (C=O) groups is 2. The summed E-state index contributed by atoms with van der Waals surface area (Å²) in [7, 11) is 10.8. The van der Waals surface area contributed by atoms with Crippen LogP contribution in [0.3, 0.4) is 0 Å². The molecule has 0 aliphatic heterocycles. The third-order valence-electron chi connectivity index (χ3n) is 3.95. The zero-order valence-corrected chi connectivity index (χ0v) is 28.2. The molecule has 1 N–H and O–H groups in total. The molecule has 0 fully saturated rings. The number of carbonyl (C=O) groups excluding carboxylic acids is 2. The molecule has 35 heavy (non-hydrogen) atoms. The number of nitrogens with one attached hydrogen (secondary N) is 1. The molecule has 0 aliphatic rings. The van der Waals surface area contributed by atoms with Crippen molar-refractivity contribution in [2.24, 2.45) is 5.41 Å². The third-order valence-corrected chi connectivity index (χ3v) is 3.95. The van der Waals surface area contributed by atoms with Crippen LogP contribution in [0.5, 0.6) is 0 Å². The molecule has 0 saturated carbocycles. The van der Waals surface area contributed by atoms with Gasteiger partial charge >= 0.3 is 26.2 Å². The summed E-state index contributed by atoms with van der Waals surface area (Å²) in [5.41, 5.74) is -0.343. The first-order valence-electron chi connectivity index (χ1n) is 12.1. The van der Waals surface area contributed by atoms with Crippen molar-refractivity contribution in [3.05, 3.63) is 21.3 Å². The van der Waals surface area contributed by atoms with Crippen LogP contribution < -0.4 is 5.32 Å². The Morgan fingerprint density at radius 3 is 0.971 bits per heavy atom. The molecule has 9 nitrogen and oxygen atoms in total. The van der Waals surface area contributed by atoms with Crippen LogP contribution in [0.2, 0.25) is 0 Å². The molecule has 0 heterocycles. The van der Waals surface area contributed by atoms with Crippen LogP contribution in [0.25, 0.3) is 21.3 Å². The average molecular weight is 579 g/mol. The maximum Gasteiger partial charge on any atom is 4.00 e. The first-order chi connectivity index (χ1) is 15.5. The van der Waals surface area contributed by atoms with E-state index in [-0.39, 0.29) is 67.8 Å². The molecular weight excluding hydrogens is 522 g/mol. The Bertz CT molecular complexity index is 430. The molecule has 0 unspecified atom stereocenters. The second kappa shape index (κ2) is 26.4. The first kappa shape index (κ1) is 44.3. The molecule has 0 aromatic heterocycles. The second-order valence-electron chi connectivity index (χ2n) is 9.95. The fourth-order valence-electron chi connectivity index (χ4n) is 2.85. The van der Waals surface area contributed by atoms with E-state index in [0.717, 1.165) is 0 Å². The molecule has 0 aromatic carbocycles. The molecule has 208 valence electrons. The fourth-order valence-corrected chi connectivity index (χ4v) is 2.85. The van der Waals surface area contributed by atoms with Gasteiger partial charge in [0.05, 0.1) is 0 Å². The van der Waals surface area contributed by atoms with Gasteiger partial charge in [-0.25, -0.2) is 0 Å². The summed E-state index contributed by atoms with van der Waals surface area (Å²) in [6, 6.07) is 0.0332. The molecule has 0 spiro atoms. The molecule has 0 aliphatic carbocycles. The topological polar surface area (TPSA) is 109 Å². The monoisotopic (exact) mass is 577 g/mol. The number of amides is 4. The van der Waals surface area contributed by atoms with Crippen molar-refractivity contribution in [2.75, 3.05) is 55.4 Å². The predicted octanol–water partition coefficient (Wildman–Crippen LogP) is 6.31. The Labute approximate surface area is 237 Å². The van der Waals surface area contributed by atoms with Crippen molar-refractivity contribution in [2.45, 2.75) is 93.4 Å².